The van der Waals surface area contributed by atoms with E-state index in [0.717, 1.165) is 10.7 Å². The van der Waals surface area contributed by atoms with Gasteiger partial charge in [-0.05, 0) is 32.0 Å². The second-order valence-electron chi connectivity index (χ2n) is 5.38. The number of halogens is 3. The fourth-order valence-corrected chi connectivity index (χ4v) is 3.08. The Morgan fingerprint density at radius 3 is 2.52 bits per heavy atom. The Balaban J connectivity index is 0.00000364. The van der Waals surface area contributed by atoms with E-state index in [-0.39, 0.29) is 36.3 Å². The summed E-state index contributed by atoms with van der Waals surface area (Å²) in [5, 5.41) is 7.18. The molecule has 1 heterocycles. The summed E-state index contributed by atoms with van der Waals surface area (Å²) in [5.74, 6) is 1.18. The fourth-order valence-electron chi connectivity index (χ4n) is 2.21. The minimum Gasteiger partial charge on any atom is -0.497 e. The number of methoxy groups -OCH3 is 1. The summed E-state index contributed by atoms with van der Waals surface area (Å²) in [5.41, 5.74) is 1.55. The summed E-state index contributed by atoms with van der Waals surface area (Å²) < 4.78 is 34.9. The number of rotatable bonds is 7. The molecule has 1 aromatic carbocycles. The Morgan fingerprint density at radius 2 is 1.96 bits per heavy atom. The van der Waals surface area contributed by atoms with Gasteiger partial charge in [-0.15, -0.1) is 35.3 Å². The molecule has 0 saturated carbocycles. The average molecular weight is 512 g/mol. The molecule has 0 bridgehead atoms. The van der Waals surface area contributed by atoms with E-state index in [9.17, 15) is 8.78 Å². The van der Waals surface area contributed by atoms with Crippen LogP contribution >= 0.6 is 35.3 Å². The molecular weight excluding hydrogens is 489 g/mol. The third-order valence-corrected chi connectivity index (χ3v) is 4.71. The van der Waals surface area contributed by atoms with E-state index < -0.39 is 6.61 Å². The van der Waals surface area contributed by atoms with Crippen LogP contribution in [0.1, 0.15) is 21.1 Å². The Labute approximate surface area is 178 Å². The molecule has 10 heteroatoms. The van der Waals surface area contributed by atoms with Crippen molar-refractivity contribution in [3.63, 3.8) is 0 Å². The number of hydrogen-bond acceptors (Lipinski definition) is 5. The topological polar surface area (TPSA) is 67.8 Å². The van der Waals surface area contributed by atoms with Gasteiger partial charge < -0.3 is 20.1 Å². The van der Waals surface area contributed by atoms with Crippen LogP contribution in [0.25, 0.3) is 0 Å². The molecule has 2 rings (SSSR count). The molecule has 2 aromatic rings. The number of aryl methyl sites for hydroxylation is 2. The largest absolute Gasteiger partial charge is 0.497 e. The van der Waals surface area contributed by atoms with Crippen LogP contribution in [0.15, 0.2) is 23.2 Å². The first kappa shape index (κ1) is 23.3. The van der Waals surface area contributed by atoms with Gasteiger partial charge >= 0.3 is 6.61 Å². The van der Waals surface area contributed by atoms with Crippen LogP contribution in [0.2, 0.25) is 0 Å². The Bertz CT molecular complexity index is 752. The number of aromatic nitrogens is 1. The Kier molecular flexibility index (Phi) is 9.70. The minimum atomic E-state index is -2.89. The number of nitrogens with zero attached hydrogens (tertiary/aromatic N) is 2. The first-order chi connectivity index (χ1) is 12.4. The van der Waals surface area contributed by atoms with Gasteiger partial charge in [0.05, 0.1) is 19.3 Å². The van der Waals surface area contributed by atoms with Crippen LogP contribution < -0.4 is 20.1 Å². The molecular formula is C17H23F2IN4O2S. The van der Waals surface area contributed by atoms with Crippen molar-refractivity contribution >= 4 is 41.3 Å². The van der Waals surface area contributed by atoms with E-state index in [4.69, 9.17) is 4.74 Å². The van der Waals surface area contributed by atoms with Gasteiger partial charge in [0.2, 0.25) is 0 Å². The second-order valence-corrected chi connectivity index (χ2v) is 6.67. The van der Waals surface area contributed by atoms with Crippen LogP contribution in [-0.2, 0) is 13.1 Å². The van der Waals surface area contributed by atoms with E-state index >= 15 is 0 Å². The molecule has 0 aliphatic rings. The maximum absolute atomic E-state index is 12.6. The van der Waals surface area contributed by atoms with Gasteiger partial charge in [-0.3, -0.25) is 4.99 Å². The van der Waals surface area contributed by atoms with Crippen molar-refractivity contribution in [1.29, 1.82) is 0 Å². The van der Waals surface area contributed by atoms with Crippen molar-refractivity contribution in [1.82, 2.24) is 15.6 Å². The second kappa shape index (κ2) is 11.2. The van der Waals surface area contributed by atoms with Crippen molar-refractivity contribution in [3.8, 4) is 11.5 Å². The lowest BCUT2D eigenvalue weighted by Gasteiger charge is -2.15. The molecule has 150 valence electrons. The smallest absolute Gasteiger partial charge is 0.387 e. The number of nitrogens with one attached hydrogen (secondary N) is 2. The first-order valence-corrected chi connectivity index (χ1v) is 8.73. The lowest BCUT2D eigenvalue weighted by atomic mass is 10.2. The monoisotopic (exact) mass is 512 g/mol. The van der Waals surface area contributed by atoms with Gasteiger partial charge in [-0.1, -0.05) is 0 Å². The van der Waals surface area contributed by atoms with Crippen LogP contribution in [0.4, 0.5) is 8.78 Å². The van der Waals surface area contributed by atoms with Crippen molar-refractivity contribution in [2.45, 2.75) is 33.5 Å². The summed E-state index contributed by atoms with van der Waals surface area (Å²) >= 11 is 1.62. The predicted molar refractivity (Wildman–Crippen MR) is 114 cm³/mol. The lowest BCUT2D eigenvalue weighted by molar-refractivity contribution is -0.0504. The minimum absolute atomic E-state index is 0. The van der Waals surface area contributed by atoms with Gasteiger partial charge in [-0.25, -0.2) is 4.98 Å². The highest BCUT2D eigenvalue weighted by Gasteiger charge is 2.12. The number of aliphatic imine (C=N–C) groups is 1. The zero-order valence-electron chi connectivity index (χ0n) is 15.5. The molecule has 0 saturated heterocycles. The number of thiazole rings is 1. The van der Waals surface area contributed by atoms with E-state index in [1.807, 2.05) is 13.8 Å². The van der Waals surface area contributed by atoms with E-state index in [1.165, 1.54) is 18.1 Å². The van der Waals surface area contributed by atoms with Crippen molar-refractivity contribution in [2.75, 3.05) is 14.2 Å². The molecule has 0 aliphatic heterocycles. The molecule has 2 N–H and O–H groups in total. The van der Waals surface area contributed by atoms with Crippen LogP contribution in [0.5, 0.6) is 11.5 Å². The van der Waals surface area contributed by atoms with Gasteiger partial charge in [0.1, 0.15) is 16.5 Å². The van der Waals surface area contributed by atoms with Crippen molar-refractivity contribution in [2.24, 2.45) is 4.99 Å². The van der Waals surface area contributed by atoms with E-state index in [1.54, 1.807) is 30.5 Å². The molecule has 0 aliphatic carbocycles. The third kappa shape index (κ3) is 7.09. The van der Waals surface area contributed by atoms with Crippen LogP contribution in [-0.4, -0.2) is 31.7 Å². The third-order valence-electron chi connectivity index (χ3n) is 3.63. The Hall–Kier alpha value is -1.69. The quantitative estimate of drug-likeness (QED) is 0.335. The highest BCUT2D eigenvalue weighted by atomic mass is 127. The molecule has 0 spiro atoms. The van der Waals surface area contributed by atoms with Gasteiger partial charge in [-0.2, -0.15) is 8.78 Å². The molecule has 1 aromatic heterocycles. The summed E-state index contributed by atoms with van der Waals surface area (Å²) in [4.78, 5) is 9.77. The van der Waals surface area contributed by atoms with E-state index in [2.05, 4.69) is 25.3 Å². The van der Waals surface area contributed by atoms with E-state index in [0.29, 0.717) is 23.8 Å². The van der Waals surface area contributed by atoms with Gasteiger partial charge in [0.15, 0.2) is 5.96 Å². The number of guanidine groups is 1. The maximum atomic E-state index is 12.6. The standard InChI is InChI=1S/C17H22F2N4O2S.HI/c1-10-11(2)26-15(23-10)9-22-17(20-3)21-8-12-7-13(24-4)5-6-14(12)25-16(18)19;/h5-7,16H,8-9H2,1-4H3,(H2,20,21,22);1H. The SMILES string of the molecule is CN=C(NCc1nc(C)c(C)s1)NCc1cc(OC)ccc1OC(F)F.I. The average Bonchev–Trinajstić information content (AvgIpc) is 2.93. The summed E-state index contributed by atoms with van der Waals surface area (Å²) in [6.07, 6.45) is 0. The highest BCUT2D eigenvalue weighted by Crippen LogP contribution is 2.25. The predicted octanol–water partition coefficient (Wildman–Crippen LogP) is 3.85. The number of hydrogen-bond donors (Lipinski definition) is 2. The summed E-state index contributed by atoms with van der Waals surface area (Å²) in [6.45, 7) is 1.87. The first-order valence-electron chi connectivity index (χ1n) is 7.92. The Morgan fingerprint density at radius 1 is 1.26 bits per heavy atom. The molecule has 0 amide bonds. The zero-order chi connectivity index (χ0) is 19.1. The number of ether oxygens (including phenoxy) is 2. The number of alkyl halides is 2. The fraction of sp³-hybridized carbons (Fsp3) is 0.412. The molecule has 0 unspecified atom stereocenters. The maximum Gasteiger partial charge on any atom is 0.387 e. The molecule has 0 fully saturated rings. The zero-order valence-corrected chi connectivity index (χ0v) is 18.7. The summed E-state index contributed by atoms with van der Waals surface area (Å²) in [7, 11) is 3.15. The van der Waals surface area contributed by atoms with Gasteiger partial charge in [0, 0.05) is 24.0 Å². The van der Waals surface area contributed by atoms with Crippen LogP contribution in [0.3, 0.4) is 0 Å². The molecule has 0 atom stereocenters. The molecule has 27 heavy (non-hydrogen) atoms. The normalized spacial score (nSPS) is 11.1. The van der Waals surface area contributed by atoms with Gasteiger partial charge in [0.25, 0.3) is 0 Å². The van der Waals surface area contributed by atoms with Crippen molar-refractivity contribution in [3.05, 3.63) is 39.3 Å². The molecule has 0 radical (unpaired) electrons. The van der Waals surface area contributed by atoms with Crippen molar-refractivity contribution < 1.29 is 18.3 Å². The lowest BCUT2D eigenvalue weighted by Crippen LogP contribution is -2.36. The number of benzene rings is 1. The summed E-state index contributed by atoms with van der Waals surface area (Å²) in [6, 6.07) is 4.67. The van der Waals surface area contributed by atoms with Crippen LogP contribution in [0, 0.1) is 13.8 Å². The molecule has 6 nitrogen and oxygen atoms in total. The highest BCUT2D eigenvalue weighted by molar-refractivity contribution is 14.0.